The first kappa shape index (κ1) is 10.2. The minimum absolute atomic E-state index is 0.0817. The average Bonchev–Trinajstić information content (AvgIpc) is 2.08. The van der Waals surface area contributed by atoms with Crippen LogP contribution in [0.2, 0.25) is 0 Å². The summed E-state index contributed by atoms with van der Waals surface area (Å²) < 4.78 is 0. The lowest BCUT2D eigenvalue weighted by Gasteiger charge is -2.07. The van der Waals surface area contributed by atoms with Gasteiger partial charge in [0.15, 0.2) is 0 Å². The molecule has 4 heteroatoms. The van der Waals surface area contributed by atoms with Crippen molar-refractivity contribution in [1.82, 2.24) is 4.98 Å². The number of anilines is 1. The summed E-state index contributed by atoms with van der Waals surface area (Å²) >= 11 is 3.18. The first-order valence-corrected chi connectivity index (χ1v) is 4.89. The van der Waals surface area contributed by atoms with Crippen molar-refractivity contribution in [3.8, 4) is 0 Å². The lowest BCUT2D eigenvalue weighted by atomic mass is 10.3. The summed E-state index contributed by atoms with van der Waals surface area (Å²) in [5, 5.41) is 2.71. The van der Waals surface area contributed by atoms with E-state index >= 15 is 0 Å². The van der Waals surface area contributed by atoms with Crippen molar-refractivity contribution in [2.75, 3.05) is 5.32 Å². The van der Waals surface area contributed by atoms with Gasteiger partial charge in [-0.15, -0.1) is 0 Å². The molecule has 0 aliphatic rings. The van der Waals surface area contributed by atoms with Gasteiger partial charge in [0.2, 0.25) is 5.91 Å². The largest absolute Gasteiger partial charge is 0.310 e. The quantitative estimate of drug-likeness (QED) is 0.808. The summed E-state index contributed by atoms with van der Waals surface area (Å²) in [5.41, 5.74) is 0.962. The van der Waals surface area contributed by atoms with Crippen LogP contribution in [0.15, 0.2) is 18.3 Å². The summed E-state index contributed by atoms with van der Waals surface area (Å²) in [5.74, 6) is 0.542. The lowest BCUT2D eigenvalue weighted by molar-refractivity contribution is -0.115. The molecule has 0 bridgehead atoms. The maximum absolute atomic E-state index is 11.3. The highest BCUT2D eigenvalue weighted by atomic mass is 79.9. The number of pyridine rings is 1. The number of nitrogens with zero attached hydrogens (tertiary/aromatic N) is 1. The number of rotatable bonds is 2. The van der Waals surface area contributed by atoms with Gasteiger partial charge in [0.1, 0.15) is 5.82 Å². The highest BCUT2D eigenvalue weighted by Gasteiger charge is 2.09. The summed E-state index contributed by atoms with van der Waals surface area (Å²) in [4.78, 5) is 15.1. The number of aromatic nitrogens is 1. The van der Waals surface area contributed by atoms with Gasteiger partial charge in [-0.25, -0.2) is 4.98 Å². The van der Waals surface area contributed by atoms with Crippen LogP contribution in [-0.2, 0) is 4.79 Å². The number of carbonyl (C=O) groups is 1. The maximum Gasteiger partial charge on any atom is 0.239 e. The van der Waals surface area contributed by atoms with E-state index in [0.29, 0.717) is 5.82 Å². The van der Waals surface area contributed by atoms with Gasteiger partial charge in [0.25, 0.3) is 0 Å². The minimum Gasteiger partial charge on any atom is -0.310 e. The molecule has 0 aliphatic carbocycles. The Kier molecular flexibility index (Phi) is 3.42. The summed E-state index contributed by atoms with van der Waals surface area (Å²) in [6, 6.07) is 3.74. The van der Waals surface area contributed by atoms with Crippen LogP contribution in [0, 0.1) is 6.92 Å². The monoisotopic (exact) mass is 242 g/mol. The van der Waals surface area contributed by atoms with Crippen molar-refractivity contribution < 1.29 is 4.79 Å². The van der Waals surface area contributed by atoms with E-state index in [1.807, 2.05) is 19.1 Å². The Morgan fingerprint density at radius 1 is 1.69 bits per heavy atom. The Morgan fingerprint density at radius 2 is 2.38 bits per heavy atom. The molecule has 3 nitrogen and oxygen atoms in total. The van der Waals surface area contributed by atoms with Crippen LogP contribution >= 0.6 is 15.9 Å². The van der Waals surface area contributed by atoms with Crippen molar-refractivity contribution in [3.63, 3.8) is 0 Å². The standard InChI is InChI=1S/C9H11BrN2O/c1-6-4-3-5-11-8(6)12-9(13)7(2)10/h3-5,7H,1-2H3,(H,11,12,13). The van der Waals surface area contributed by atoms with Gasteiger partial charge >= 0.3 is 0 Å². The zero-order chi connectivity index (χ0) is 9.84. The van der Waals surface area contributed by atoms with Crippen molar-refractivity contribution >= 4 is 27.7 Å². The van der Waals surface area contributed by atoms with E-state index < -0.39 is 0 Å². The number of nitrogens with one attached hydrogen (secondary N) is 1. The number of amides is 1. The number of hydrogen-bond acceptors (Lipinski definition) is 2. The third-order valence-electron chi connectivity index (χ3n) is 1.61. The molecule has 0 aromatic carbocycles. The van der Waals surface area contributed by atoms with Crippen molar-refractivity contribution in [3.05, 3.63) is 23.9 Å². The summed E-state index contributed by atoms with van der Waals surface area (Å²) in [7, 11) is 0. The predicted octanol–water partition coefficient (Wildman–Crippen LogP) is 2.11. The molecule has 1 aromatic rings. The Morgan fingerprint density at radius 3 is 2.92 bits per heavy atom. The van der Waals surface area contributed by atoms with Crippen LogP contribution in [0.3, 0.4) is 0 Å². The van der Waals surface area contributed by atoms with E-state index in [4.69, 9.17) is 0 Å². The fourth-order valence-electron chi connectivity index (χ4n) is 0.833. The Bertz CT molecular complexity index is 312. The fraction of sp³-hybridized carbons (Fsp3) is 0.333. The molecule has 0 radical (unpaired) electrons. The second kappa shape index (κ2) is 4.37. The van der Waals surface area contributed by atoms with Gasteiger partial charge in [-0.2, -0.15) is 0 Å². The zero-order valence-corrected chi connectivity index (χ0v) is 9.13. The van der Waals surface area contributed by atoms with Crippen molar-refractivity contribution in [1.29, 1.82) is 0 Å². The first-order valence-electron chi connectivity index (χ1n) is 3.98. The fourth-order valence-corrected chi connectivity index (χ4v) is 0.947. The van der Waals surface area contributed by atoms with E-state index in [1.54, 1.807) is 13.1 Å². The van der Waals surface area contributed by atoms with Gasteiger partial charge in [0, 0.05) is 6.20 Å². The van der Waals surface area contributed by atoms with Gasteiger partial charge < -0.3 is 5.32 Å². The third-order valence-corrected chi connectivity index (χ3v) is 2.03. The third kappa shape index (κ3) is 2.81. The highest BCUT2D eigenvalue weighted by Crippen LogP contribution is 2.10. The van der Waals surface area contributed by atoms with Crippen LogP contribution in [0.1, 0.15) is 12.5 Å². The van der Waals surface area contributed by atoms with Crippen molar-refractivity contribution in [2.24, 2.45) is 0 Å². The van der Waals surface area contributed by atoms with Gasteiger partial charge in [0.05, 0.1) is 4.83 Å². The molecule has 0 fully saturated rings. The molecular weight excluding hydrogens is 232 g/mol. The van der Waals surface area contributed by atoms with E-state index in [-0.39, 0.29) is 10.7 Å². The first-order chi connectivity index (χ1) is 6.11. The molecular formula is C9H11BrN2O. The van der Waals surface area contributed by atoms with E-state index in [9.17, 15) is 4.79 Å². The molecule has 1 N–H and O–H groups in total. The Balaban J connectivity index is 2.75. The lowest BCUT2D eigenvalue weighted by Crippen LogP contribution is -2.21. The molecule has 13 heavy (non-hydrogen) atoms. The molecule has 0 spiro atoms. The molecule has 0 saturated carbocycles. The van der Waals surface area contributed by atoms with Gasteiger partial charge in [-0.05, 0) is 25.5 Å². The number of halogens is 1. The molecule has 1 rings (SSSR count). The van der Waals surface area contributed by atoms with Crippen LogP contribution < -0.4 is 5.32 Å². The molecule has 1 heterocycles. The second-order valence-corrected chi connectivity index (χ2v) is 4.15. The van der Waals surface area contributed by atoms with Crippen molar-refractivity contribution in [2.45, 2.75) is 18.7 Å². The molecule has 70 valence electrons. The van der Waals surface area contributed by atoms with Gasteiger partial charge in [-0.3, -0.25) is 4.79 Å². The number of carbonyl (C=O) groups excluding carboxylic acids is 1. The zero-order valence-electron chi connectivity index (χ0n) is 7.54. The molecule has 1 unspecified atom stereocenters. The van der Waals surface area contributed by atoms with Crippen LogP contribution in [-0.4, -0.2) is 15.7 Å². The molecule has 0 aliphatic heterocycles. The normalized spacial score (nSPS) is 12.2. The molecule has 1 aromatic heterocycles. The van der Waals surface area contributed by atoms with E-state index in [0.717, 1.165) is 5.56 Å². The Labute approximate surface area is 85.7 Å². The van der Waals surface area contributed by atoms with Crippen LogP contribution in [0.25, 0.3) is 0 Å². The topological polar surface area (TPSA) is 42.0 Å². The average molecular weight is 243 g/mol. The smallest absolute Gasteiger partial charge is 0.239 e. The molecule has 1 atom stereocenters. The van der Waals surface area contributed by atoms with E-state index in [1.165, 1.54) is 0 Å². The molecule has 0 saturated heterocycles. The highest BCUT2D eigenvalue weighted by molar-refractivity contribution is 9.10. The summed E-state index contributed by atoms with van der Waals surface area (Å²) in [6.07, 6.45) is 1.65. The number of aryl methyl sites for hydroxylation is 1. The SMILES string of the molecule is Cc1cccnc1NC(=O)C(C)Br. The minimum atomic E-state index is -0.200. The predicted molar refractivity (Wildman–Crippen MR) is 56.0 cm³/mol. The van der Waals surface area contributed by atoms with Crippen LogP contribution in [0.4, 0.5) is 5.82 Å². The second-order valence-electron chi connectivity index (χ2n) is 2.77. The van der Waals surface area contributed by atoms with E-state index in [2.05, 4.69) is 26.2 Å². The van der Waals surface area contributed by atoms with Crippen LogP contribution in [0.5, 0.6) is 0 Å². The van der Waals surface area contributed by atoms with Gasteiger partial charge in [-0.1, -0.05) is 22.0 Å². The summed E-state index contributed by atoms with van der Waals surface area (Å²) in [6.45, 7) is 3.68. The maximum atomic E-state index is 11.3. The number of alkyl halides is 1. The number of hydrogen-bond donors (Lipinski definition) is 1. The Hall–Kier alpha value is -0.900. The molecule has 1 amide bonds.